The zero-order valence-electron chi connectivity index (χ0n) is 11.5. The average molecular weight is 290 g/mol. The molecule has 2 amide bonds. The van der Waals surface area contributed by atoms with Crippen LogP contribution in [-0.2, 0) is 9.59 Å². The summed E-state index contributed by atoms with van der Waals surface area (Å²) in [5, 5.41) is 14.2. The molecule has 1 aromatic carbocycles. The normalized spacial score (nSPS) is 20.8. The van der Waals surface area contributed by atoms with Gasteiger partial charge in [0.05, 0.1) is 12.5 Å². The summed E-state index contributed by atoms with van der Waals surface area (Å²) in [6.45, 7) is -0.156. The summed E-state index contributed by atoms with van der Waals surface area (Å²) in [6.07, 6.45) is 2.03. The predicted molar refractivity (Wildman–Crippen MR) is 75.7 cm³/mol. The molecule has 0 heterocycles. The number of carbonyl (C=O) groups excluding carboxylic acids is 2. The maximum Gasteiger partial charge on any atom is 0.308 e. The Bertz CT molecular complexity index is 530. The van der Waals surface area contributed by atoms with Crippen LogP contribution in [0.15, 0.2) is 30.3 Å². The summed E-state index contributed by atoms with van der Waals surface area (Å²) in [4.78, 5) is 34.6. The second-order valence-electron chi connectivity index (χ2n) is 5.10. The lowest BCUT2D eigenvalue weighted by Crippen LogP contribution is -2.44. The zero-order chi connectivity index (χ0) is 15.2. The molecule has 3 N–H and O–H groups in total. The van der Waals surface area contributed by atoms with E-state index in [0.717, 1.165) is 6.42 Å². The second-order valence-corrected chi connectivity index (χ2v) is 5.10. The van der Waals surface area contributed by atoms with Crippen LogP contribution in [0.4, 0.5) is 0 Å². The van der Waals surface area contributed by atoms with Gasteiger partial charge in [-0.1, -0.05) is 24.6 Å². The zero-order valence-corrected chi connectivity index (χ0v) is 11.5. The highest BCUT2D eigenvalue weighted by atomic mass is 16.4. The fraction of sp³-hybridized carbons (Fsp3) is 0.400. The molecule has 2 unspecified atom stereocenters. The molecule has 0 aromatic heterocycles. The van der Waals surface area contributed by atoms with Gasteiger partial charge in [-0.05, 0) is 25.0 Å². The van der Waals surface area contributed by atoms with Crippen molar-refractivity contribution in [2.75, 3.05) is 6.54 Å². The van der Waals surface area contributed by atoms with Gasteiger partial charge in [-0.2, -0.15) is 0 Å². The van der Waals surface area contributed by atoms with Crippen LogP contribution in [0.25, 0.3) is 0 Å². The molecule has 1 aliphatic carbocycles. The third-order valence-corrected chi connectivity index (χ3v) is 3.63. The van der Waals surface area contributed by atoms with Crippen LogP contribution in [0.5, 0.6) is 0 Å². The third kappa shape index (κ3) is 4.05. The number of carboxylic acids is 1. The van der Waals surface area contributed by atoms with Gasteiger partial charge in [0, 0.05) is 11.6 Å². The topological polar surface area (TPSA) is 95.5 Å². The van der Waals surface area contributed by atoms with E-state index in [4.69, 9.17) is 5.11 Å². The van der Waals surface area contributed by atoms with Gasteiger partial charge < -0.3 is 15.7 Å². The molecule has 1 fully saturated rings. The van der Waals surface area contributed by atoms with Crippen LogP contribution in [0.2, 0.25) is 0 Å². The summed E-state index contributed by atoms with van der Waals surface area (Å²) in [5.41, 5.74) is 0.481. The van der Waals surface area contributed by atoms with Crippen LogP contribution in [0, 0.1) is 5.92 Å². The molecule has 1 aromatic rings. The fourth-order valence-corrected chi connectivity index (χ4v) is 2.54. The van der Waals surface area contributed by atoms with Crippen LogP contribution in [-0.4, -0.2) is 35.5 Å². The minimum Gasteiger partial charge on any atom is -0.481 e. The first-order valence-corrected chi connectivity index (χ1v) is 6.93. The van der Waals surface area contributed by atoms with E-state index in [0.29, 0.717) is 18.4 Å². The fourth-order valence-electron chi connectivity index (χ4n) is 2.54. The molecule has 0 aliphatic heterocycles. The lowest BCUT2D eigenvalue weighted by atomic mass is 10.0. The smallest absolute Gasteiger partial charge is 0.308 e. The Hall–Kier alpha value is -2.37. The third-order valence-electron chi connectivity index (χ3n) is 3.63. The van der Waals surface area contributed by atoms with E-state index in [1.54, 1.807) is 30.3 Å². The standard InChI is InChI=1S/C15H18N2O4/c18-13(17-12-8-4-7-11(12)15(20)21)9-16-14(19)10-5-2-1-3-6-10/h1-3,5-6,11-12H,4,7-9H2,(H,16,19)(H,17,18)(H,20,21). The molecule has 6 heteroatoms. The first-order valence-electron chi connectivity index (χ1n) is 6.93. The number of benzene rings is 1. The maximum atomic E-state index is 11.8. The quantitative estimate of drug-likeness (QED) is 0.747. The highest BCUT2D eigenvalue weighted by Gasteiger charge is 2.33. The van der Waals surface area contributed by atoms with E-state index in [-0.39, 0.29) is 24.4 Å². The molecule has 2 atom stereocenters. The second kappa shape index (κ2) is 6.88. The largest absolute Gasteiger partial charge is 0.481 e. The number of carboxylic acid groups (broad SMARTS) is 1. The molecule has 21 heavy (non-hydrogen) atoms. The van der Waals surface area contributed by atoms with Gasteiger partial charge in [0.15, 0.2) is 0 Å². The number of nitrogens with one attached hydrogen (secondary N) is 2. The average Bonchev–Trinajstić information content (AvgIpc) is 2.94. The molecular weight excluding hydrogens is 272 g/mol. The summed E-state index contributed by atoms with van der Waals surface area (Å²) >= 11 is 0. The van der Waals surface area contributed by atoms with Crippen LogP contribution >= 0.6 is 0 Å². The molecule has 6 nitrogen and oxygen atoms in total. The van der Waals surface area contributed by atoms with Crippen molar-refractivity contribution in [2.24, 2.45) is 5.92 Å². The van der Waals surface area contributed by atoms with Gasteiger partial charge in [0.2, 0.25) is 5.91 Å². The Morgan fingerprint density at radius 1 is 1.14 bits per heavy atom. The lowest BCUT2D eigenvalue weighted by Gasteiger charge is -2.17. The predicted octanol–water partition coefficient (Wildman–Crippen LogP) is 0.786. The highest BCUT2D eigenvalue weighted by Crippen LogP contribution is 2.25. The summed E-state index contributed by atoms with van der Waals surface area (Å²) in [5.74, 6) is -2.10. The number of amides is 2. The van der Waals surface area contributed by atoms with Gasteiger partial charge in [-0.25, -0.2) is 0 Å². The van der Waals surface area contributed by atoms with Crippen LogP contribution < -0.4 is 10.6 Å². The molecule has 2 rings (SSSR count). The monoisotopic (exact) mass is 290 g/mol. The molecule has 1 aliphatic rings. The van der Waals surface area contributed by atoms with E-state index in [9.17, 15) is 14.4 Å². The van der Waals surface area contributed by atoms with Crippen molar-refractivity contribution in [3.05, 3.63) is 35.9 Å². The number of aliphatic carboxylic acids is 1. The lowest BCUT2D eigenvalue weighted by molar-refractivity contribution is -0.142. The number of hydrogen-bond donors (Lipinski definition) is 3. The van der Waals surface area contributed by atoms with Crippen molar-refractivity contribution in [2.45, 2.75) is 25.3 Å². The Labute approximate surface area is 122 Å². The Balaban J connectivity index is 1.80. The van der Waals surface area contributed by atoms with E-state index in [1.165, 1.54) is 0 Å². The minimum atomic E-state index is -0.883. The van der Waals surface area contributed by atoms with E-state index in [1.807, 2.05) is 0 Å². The van der Waals surface area contributed by atoms with Gasteiger partial charge in [0.1, 0.15) is 0 Å². The Morgan fingerprint density at radius 2 is 1.86 bits per heavy atom. The van der Waals surface area contributed by atoms with E-state index in [2.05, 4.69) is 10.6 Å². The van der Waals surface area contributed by atoms with Crippen molar-refractivity contribution in [3.63, 3.8) is 0 Å². The minimum absolute atomic E-state index is 0.156. The summed E-state index contributed by atoms with van der Waals surface area (Å²) in [7, 11) is 0. The molecule has 0 bridgehead atoms. The van der Waals surface area contributed by atoms with Crippen molar-refractivity contribution >= 4 is 17.8 Å². The van der Waals surface area contributed by atoms with Crippen LogP contribution in [0.1, 0.15) is 29.6 Å². The Kier molecular flexibility index (Phi) is 4.92. The van der Waals surface area contributed by atoms with Crippen molar-refractivity contribution < 1.29 is 19.5 Å². The molecule has 0 radical (unpaired) electrons. The molecule has 0 saturated heterocycles. The molecule has 0 spiro atoms. The maximum absolute atomic E-state index is 11.8. The van der Waals surface area contributed by atoms with Crippen molar-refractivity contribution in [1.82, 2.24) is 10.6 Å². The van der Waals surface area contributed by atoms with E-state index < -0.39 is 11.9 Å². The molecule has 112 valence electrons. The number of hydrogen-bond acceptors (Lipinski definition) is 3. The molecule has 1 saturated carbocycles. The van der Waals surface area contributed by atoms with Gasteiger partial charge in [-0.3, -0.25) is 14.4 Å². The van der Waals surface area contributed by atoms with Crippen LogP contribution in [0.3, 0.4) is 0 Å². The highest BCUT2D eigenvalue weighted by molar-refractivity contribution is 5.96. The van der Waals surface area contributed by atoms with E-state index >= 15 is 0 Å². The SMILES string of the molecule is O=C(CNC(=O)c1ccccc1)NC1CCCC1C(=O)O. The number of carbonyl (C=O) groups is 3. The number of rotatable bonds is 5. The summed E-state index contributed by atoms with van der Waals surface area (Å²) < 4.78 is 0. The first-order chi connectivity index (χ1) is 10.1. The summed E-state index contributed by atoms with van der Waals surface area (Å²) in [6, 6.07) is 8.25. The van der Waals surface area contributed by atoms with Gasteiger partial charge >= 0.3 is 5.97 Å². The van der Waals surface area contributed by atoms with Crippen molar-refractivity contribution in [3.8, 4) is 0 Å². The van der Waals surface area contributed by atoms with Gasteiger partial charge in [0.25, 0.3) is 5.91 Å². The molecular formula is C15H18N2O4. The van der Waals surface area contributed by atoms with Gasteiger partial charge in [-0.15, -0.1) is 0 Å². The van der Waals surface area contributed by atoms with Crippen molar-refractivity contribution in [1.29, 1.82) is 0 Å². The first kappa shape index (κ1) is 15.0. The Morgan fingerprint density at radius 3 is 2.52 bits per heavy atom.